The van der Waals surface area contributed by atoms with Crippen LogP contribution in [0.1, 0.15) is 43.6 Å². The number of carbonyl (C=O) groups excluding carboxylic acids is 1. The normalized spacial score (nSPS) is 18.2. The smallest absolute Gasteiger partial charge is 0.352 e. The van der Waals surface area contributed by atoms with Gasteiger partial charge in [0.2, 0.25) is 5.91 Å². The zero-order valence-electron chi connectivity index (χ0n) is 18.7. The average molecular weight is 484 g/mol. The summed E-state index contributed by atoms with van der Waals surface area (Å²) < 4.78 is 9.04. The van der Waals surface area contributed by atoms with Crippen LogP contribution in [0.3, 0.4) is 0 Å². The Morgan fingerprint density at radius 1 is 1.24 bits per heavy atom. The monoisotopic (exact) mass is 483 g/mol. The fourth-order valence-electron chi connectivity index (χ4n) is 4.80. The quantitative estimate of drug-likeness (QED) is 0.444. The first-order chi connectivity index (χ1) is 15.9. The minimum atomic E-state index is -0.322. The Morgan fingerprint density at radius 2 is 2.06 bits per heavy atom. The number of nitrogens with zero attached hydrogens (tertiary/aromatic N) is 5. The first-order valence-corrected chi connectivity index (χ1v) is 13.0. The summed E-state index contributed by atoms with van der Waals surface area (Å²) in [6, 6.07) is 3.90. The van der Waals surface area contributed by atoms with Crippen molar-refractivity contribution in [3.05, 3.63) is 38.4 Å². The summed E-state index contributed by atoms with van der Waals surface area (Å²) in [7, 11) is 0. The molecule has 10 heteroatoms. The number of carbonyl (C=O) groups is 1. The van der Waals surface area contributed by atoms with E-state index in [4.69, 9.17) is 9.72 Å². The van der Waals surface area contributed by atoms with Gasteiger partial charge in [0.25, 0.3) is 0 Å². The molecule has 4 aromatic rings. The summed E-state index contributed by atoms with van der Waals surface area (Å²) in [5, 5.41) is 7.48. The largest absolute Gasteiger partial charge is 0.370 e. The molecule has 1 fully saturated rings. The third kappa shape index (κ3) is 3.51. The van der Waals surface area contributed by atoms with Crippen molar-refractivity contribution in [3.8, 4) is 10.7 Å². The molecular formula is C23H25N5O3S2. The van der Waals surface area contributed by atoms with Gasteiger partial charge in [-0.2, -0.15) is 4.52 Å². The molecule has 0 aromatic carbocycles. The summed E-state index contributed by atoms with van der Waals surface area (Å²) in [5.41, 5.74) is 1.09. The maximum absolute atomic E-state index is 13.6. The maximum atomic E-state index is 13.6. The fourth-order valence-corrected chi connectivity index (χ4v) is 6.67. The molecule has 0 aliphatic carbocycles. The van der Waals surface area contributed by atoms with Crippen molar-refractivity contribution in [3.63, 3.8) is 0 Å². The second-order valence-corrected chi connectivity index (χ2v) is 11.4. The van der Waals surface area contributed by atoms with Crippen molar-refractivity contribution < 1.29 is 9.53 Å². The zero-order chi connectivity index (χ0) is 22.7. The van der Waals surface area contributed by atoms with E-state index in [9.17, 15) is 9.59 Å². The Labute approximate surface area is 198 Å². The van der Waals surface area contributed by atoms with Crippen molar-refractivity contribution in [2.24, 2.45) is 0 Å². The highest BCUT2D eigenvalue weighted by atomic mass is 32.1. The van der Waals surface area contributed by atoms with Crippen molar-refractivity contribution >= 4 is 44.4 Å². The molecule has 6 heterocycles. The zero-order valence-corrected chi connectivity index (χ0v) is 20.3. The van der Waals surface area contributed by atoms with Crippen LogP contribution in [0.25, 0.3) is 26.6 Å². The number of thiophene rings is 2. The van der Waals surface area contributed by atoms with Gasteiger partial charge in [0, 0.05) is 24.4 Å². The lowest BCUT2D eigenvalue weighted by Crippen LogP contribution is -2.40. The van der Waals surface area contributed by atoms with Crippen molar-refractivity contribution in [2.45, 2.75) is 58.3 Å². The highest BCUT2D eigenvalue weighted by Gasteiger charge is 2.32. The number of fused-ring (bicyclic) bond motifs is 5. The molecule has 8 nitrogen and oxygen atoms in total. The topological polar surface area (TPSA) is 81.7 Å². The van der Waals surface area contributed by atoms with Crippen LogP contribution in [-0.2, 0) is 29.1 Å². The molecule has 1 saturated heterocycles. The van der Waals surface area contributed by atoms with Crippen LogP contribution >= 0.6 is 22.7 Å². The molecule has 172 valence electrons. The number of piperidine rings is 1. The Balaban J connectivity index is 1.57. The van der Waals surface area contributed by atoms with E-state index in [0.29, 0.717) is 18.1 Å². The summed E-state index contributed by atoms with van der Waals surface area (Å²) in [6.45, 7) is 6.18. The SMILES string of the molecule is CC1(C)Cc2c(sc3c2c2nc(-c4cccs4)nn2c(=O)n3CC(=O)N2CCCCC2)CO1. The van der Waals surface area contributed by atoms with Gasteiger partial charge in [-0.1, -0.05) is 6.07 Å². The molecular weight excluding hydrogens is 458 g/mol. The first kappa shape index (κ1) is 21.0. The summed E-state index contributed by atoms with van der Waals surface area (Å²) in [4.78, 5) is 36.2. The third-order valence-corrected chi connectivity index (χ3v) is 8.59. The highest BCUT2D eigenvalue weighted by Crippen LogP contribution is 2.40. The molecule has 4 aromatic heterocycles. The molecule has 2 aliphatic rings. The van der Waals surface area contributed by atoms with Gasteiger partial charge in [-0.05, 0) is 50.1 Å². The van der Waals surface area contributed by atoms with Crippen LogP contribution in [0.2, 0.25) is 0 Å². The molecule has 1 amide bonds. The van der Waals surface area contributed by atoms with E-state index in [1.165, 1.54) is 4.52 Å². The molecule has 0 saturated carbocycles. The minimum absolute atomic E-state index is 0.0148. The molecule has 33 heavy (non-hydrogen) atoms. The summed E-state index contributed by atoms with van der Waals surface area (Å²) in [5.74, 6) is 0.522. The number of hydrogen-bond donors (Lipinski definition) is 0. The van der Waals surface area contributed by atoms with Crippen molar-refractivity contribution in [2.75, 3.05) is 13.1 Å². The van der Waals surface area contributed by atoms with Gasteiger partial charge in [0.05, 0.1) is 22.5 Å². The van der Waals surface area contributed by atoms with E-state index >= 15 is 0 Å². The lowest BCUT2D eigenvalue weighted by molar-refractivity contribution is -0.132. The Bertz CT molecular complexity index is 1420. The van der Waals surface area contributed by atoms with Crippen LogP contribution < -0.4 is 5.69 Å². The molecule has 0 atom stereocenters. The second kappa shape index (κ2) is 7.75. The van der Waals surface area contributed by atoms with Crippen LogP contribution in [0.15, 0.2) is 22.3 Å². The summed E-state index contributed by atoms with van der Waals surface area (Å²) in [6.07, 6.45) is 3.90. The first-order valence-electron chi connectivity index (χ1n) is 11.3. The predicted octanol–water partition coefficient (Wildman–Crippen LogP) is 3.70. The Hall–Kier alpha value is -2.56. The molecule has 6 rings (SSSR count). The second-order valence-electron chi connectivity index (χ2n) is 9.37. The molecule has 0 unspecified atom stereocenters. The van der Waals surface area contributed by atoms with Gasteiger partial charge >= 0.3 is 5.69 Å². The van der Waals surface area contributed by atoms with Crippen LogP contribution in [-0.4, -0.2) is 48.7 Å². The van der Waals surface area contributed by atoms with Gasteiger partial charge in [0.15, 0.2) is 11.5 Å². The van der Waals surface area contributed by atoms with E-state index in [1.807, 2.05) is 22.4 Å². The highest BCUT2D eigenvalue weighted by molar-refractivity contribution is 7.19. The van der Waals surface area contributed by atoms with E-state index < -0.39 is 0 Å². The number of rotatable bonds is 3. The van der Waals surface area contributed by atoms with E-state index in [0.717, 1.165) is 64.3 Å². The van der Waals surface area contributed by atoms with E-state index in [1.54, 1.807) is 27.2 Å². The van der Waals surface area contributed by atoms with Gasteiger partial charge in [-0.25, -0.2) is 9.78 Å². The molecule has 2 aliphatic heterocycles. The number of aromatic nitrogens is 4. The predicted molar refractivity (Wildman–Crippen MR) is 129 cm³/mol. The molecule has 0 N–H and O–H groups in total. The van der Waals surface area contributed by atoms with Crippen LogP contribution in [0.5, 0.6) is 0 Å². The minimum Gasteiger partial charge on any atom is -0.370 e. The van der Waals surface area contributed by atoms with Gasteiger partial charge in [-0.15, -0.1) is 27.8 Å². The molecule has 0 spiro atoms. The third-order valence-electron chi connectivity index (χ3n) is 6.50. The molecule has 0 bridgehead atoms. The average Bonchev–Trinajstić information content (AvgIpc) is 3.54. The lowest BCUT2D eigenvalue weighted by Gasteiger charge is -2.30. The molecule has 0 radical (unpaired) electrons. The summed E-state index contributed by atoms with van der Waals surface area (Å²) >= 11 is 3.08. The van der Waals surface area contributed by atoms with E-state index in [2.05, 4.69) is 18.9 Å². The number of hydrogen-bond acceptors (Lipinski definition) is 7. The Morgan fingerprint density at radius 3 is 2.82 bits per heavy atom. The maximum Gasteiger partial charge on any atom is 0.352 e. The van der Waals surface area contributed by atoms with Crippen LogP contribution in [0, 0.1) is 0 Å². The number of ether oxygens (including phenoxy) is 1. The Kier molecular flexibility index (Phi) is 4.93. The van der Waals surface area contributed by atoms with Gasteiger partial charge in [-0.3, -0.25) is 9.36 Å². The number of likely N-dealkylation sites (tertiary alicyclic amines) is 1. The number of amides is 1. The van der Waals surface area contributed by atoms with Gasteiger partial charge < -0.3 is 9.64 Å². The van der Waals surface area contributed by atoms with Crippen LogP contribution in [0.4, 0.5) is 0 Å². The lowest BCUT2D eigenvalue weighted by atomic mass is 9.94. The standard InChI is InChI=1S/C23H25N5O3S2/c1-23(2)11-14-16(13-31-23)33-21-18(14)20-24-19(15-7-6-10-32-15)25-28(20)22(30)27(21)12-17(29)26-8-4-3-5-9-26/h6-7,10H,3-5,8-9,11-13H2,1-2H3. The van der Waals surface area contributed by atoms with Crippen molar-refractivity contribution in [1.82, 2.24) is 24.1 Å². The van der Waals surface area contributed by atoms with E-state index in [-0.39, 0.29) is 23.7 Å². The van der Waals surface area contributed by atoms with Crippen molar-refractivity contribution in [1.29, 1.82) is 0 Å². The fraction of sp³-hybridized carbons (Fsp3) is 0.478. The van der Waals surface area contributed by atoms with Gasteiger partial charge in [0.1, 0.15) is 11.4 Å².